The van der Waals surface area contributed by atoms with E-state index in [-0.39, 0.29) is 11.8 Å². The molecule has 1 saturated heterocycles. The number of nitrogens with one attached hydrogen (secondary N) is 1. The van der Waals surface area contributed by atoms with Crippen molar-refractivity contribution in [2.24, 2.45) is 5.92 Å². The van der Waals surface area contributed by atoms with Gasteiger partial charge < -0.3 is 0 Å². The van der Waals surface area contributed by atoms with Crippen LogP contribution in [0.4, 0.5) is 10.5 Å². The minimum absolute atomic E-state index is 0.215. The number of hydrogen-bond acceptors (Lipinski definition) is 2. The van der Waals surface area contributed by atoms with Crippen molar-refractivity contribution in [3.63, 3.8) is 0 Å². The Kier molecular flexibility index (Phi) is 3.07. The van der Waals surface area contributed by atoms with Crippen molar-refractivity contribution in [2.45, 2.75) is 13.8 Å². The van der Waals surface area contributed by atoms with Crippen LogP contribution in [0.1, 0.15) is 12.5 Å². The number of urea groups is 1. The number of amides is 3. The maximum Gasteiger partial charge on any atom is 0.328 e. The quantitative estimate of drug-likeness (QED) is 0.834. The Morgan fingerprint density at radius 3 is 2.76 bits per heavy atom. The van der Waals surface area contributed by atoms with E-state index >= 15 is 0 Å². The summed E-state index contributed by atoms with van der Waals surface area (Å²) in [5.74, 6) is -0.447. The normalized spacial score (nSPS) is 20.4. The van der Waals surface area contributed by atoms with Gasteiger partial charge in [0.25, 0.3) is 0 Å². The Bertz CT molecular complexity index is 487. The number of carbonyl (C=O) groups excluding carboxylic acids is 2. The van der Waals surface area contributed by atoms with Gasteiger partial charge in [-0.15, -0.1) is 0 Å². The molecule has 2 rings (SSSR count). The maximum absolute atomic E-state index is 11.7. The van der Waals surface area contributed by atoms with Crippen LogP contribution in [0.25, 0.3) is 0 Å². The van der Waals surface area contributed by atoms with E-state index in [2.05, 4.69) is 5.32 Å². The highest BCUT2D eigenvalue weighted by Crippen LogP contribution is 2.25. The number of carbonyl (C=O) groups is 2. The van der Waals surface area contributed by atoms with Crippen molar-refractivity contribution in [1.82, 2.24) is 5.32 Å². The van der Waals surface area contributed by atoms with E-state index in [0.29, 0.717) is 17.3 Å². The minimum Gasteiger partial charge on any atom is -0.293 e. The molecule has 0 aromatic heterocycles. The van der Waals surface area contributed by atoms with Gasteiger partial charge in [-0.2, -0.15) is 0 Å². The summed E-state index contributed by atoms with van der Waals surface area (Å²) >= 11 is 6.02. The minimum atomic E-state index is -0.395. The molecule has 1 fully saturated rings. The lowest BCUT2D eigenvalue weighted by Crippen LogP contribution is -2.53. The summed E-state index contributed by atoms with van der Waals surface area (Å²) in [6, 6.07) is 5.02. The monoisotopic (exact) mass is 252 g/mol. The van der Waals surface area contributed by atoms with E-state index in [9.17, 15) is 9.59 Å². The van der Waals surface area contributed by atoms with Gasteiger partial charge in [0.05, 0.1) is 5.92 Å². The highest BCUT2D eigenvalue weighted by atomic mass is 35.5. The molecule has 1 atom stereocenters. The van der Waals surface area contributed by atoms with E-state index in [1.54, 1.807) is 13.0 Å². The van der Waals surface area contributed by atoms with E-state index in [1.807, 2.05) is 19.1 Å². The summed E-state index contributed by atoms with van der Waals surface area (Å²) in [7, 11) is 0. The number of rotatable bonds is 1. The Labute approximate surface area is 105 Å². The third kappa shape index (κ3) is 2.26. The van der Waals surface area contributed by atoms with Crippen LogP contribution in [0.2, 0.25) is 5.02 Å². The van der Waals surface area contributed by atoms with Crippen LogP contribution in [-0.2, 0) is 4.79 Å². The van der Waals surface area contributed by atoms with Crippen molar-refractivity contribution in [2.75, 3.05) is 11.4 Å². The molecule has 1 aromatic rings. The van der Waals surface area contributed by atoms with E-state index in [0.717, 1.165) is 5.56 Å². The number of hydrogen-bond donors (Lipinski definition) is 1. The molecule has 1 heterocycles. The van der Waals surface area contributed by atoms with E-state index < -0.39 is 6.03 Å². The van der Waals surface area contributed by atoms with E-state index in [1.165, 1.54) is 4.90 Å². The molecular formula is C12H13ClN2O2. The smallest absolute Gasteiger partial charge is 0.293 e. The molecule has 4 nitrogen and oxygen atoms in total. The zero-order valence-corrected chi connectivity index (χ0v) is 10.4. The van der Waals surface area contributed by atoms with Crippen LogP contribution < -0.4 is 10.2 Å². The third-order valence-corrected chi connectivity index (χ3v) is 3.25. The summed E-state index contributed by atoms with van der Waals surface area (Å²) in [4.78, 5) is 24.5. The highest BCUT2D eigenvalue weighted by Gasteiger charge is 2.30. The molecule has 1 aliphatic rings. The molecule has 0 bridgehead atoms. The van der Waals surface area contributed by atoms with Gasteiger partial charge in [0.15, 0.2) is 0 Å². The predicted octanol–water partition coefficient (Wildman–Crippen LogP) is 2.34. The fourth-order valence-corrected chi connectivity index (χ4v) is 1.88. The molecule has 1 unspecified atom stereocenters. The summed E-state index contributed by atoms with van der Waals surface area (Å²) in [6.07, 6.45) is 0. The molecule has 17 heavy (non-hydrogen) atoms. The largest absolute Gasteiger partial charge is 0.328 e. The van der Waals surface area contributed by atoms with Crippen LogP contribution in [0.15, 0.2) is 18.2 Å². The van der Waals surface area contributed by atoms with Crippen LogP contribution in [0.5, 0.6) is 0 Å². The molecule has 1 aromatic carbocycles. The highest BCUT2D eigenvalue weighted by molar-refractivity contribution is 6.31. The van der Waals surface area contributed by atoms with Crippen LogP contribution >= 0.6 is 11.6 Å². The summed E-state index contributed by atoms with van der Waals surface area (Å²) in [5.41, 5.74) is 1.66. The first-order valence-electron chi connectivity index (χ1n) is 5.37. The molecule has 5 heteroatoms. The fourth-order valence-electron chi connectivity index (χ4n) is 1.71. The Hall–Kier alpha value is -1.55. The fraction of sp³-hybridized carbons (Fsp3) is 0.333. The van der Waals surface area contributed by atoms with Gasteiger partial charge in [-0.1, -0.05) is 24.6 Å². The molecule has 1 aliphatic heterocycles. The Balaban J connectivity index is 2.30. The van der Waals surface area contributed by atoms with Crippen molar-refractivity contribution < 1.29 is 9.59 Å². The first kappa shape index (κ1) is 11.9. The second kappa shape index (κ2) is 4.37. The second-order valence-corrected chi connectivity index (χ2v) is 4.65. The SMILES string of the molecule is Cc1ccc(N2CC(C)C(=O)NC2=O)cc1Cl. The van der Waals surface area contributed by atoms with E-state index in [4.69, 9.17) is 11.6 Å². The molecule has 0 spiro atoms. The van der Waals surface area contributed by atoms with Crippen molar-refractivity contribution in [3.8, 4) is 0 Å². The zero-order valence-electron chi connectivity index (χ0n) is 9.66. The van der Waals surface area contributed by atoms with Crippen molar-refractivity contribution >= 4 is 29.2 Å². The number of anilines is 1. The summed E-state index contributed by atoms with van der Waals surface area (Å²) < 4.78 is 0. The Morgan fingerprint density at radius 2 is 2.12 bits per heavy atom. The molecule has 90 valence electrons. The number of benzene rings is 1. The Morgan fingerprint density at radius 1 is 1.41 bits per heavy atom. The van der Waals surface area contributed by atoms with Gasteiger partial charge in [-0.3, -0.25) is 15.0 Å². The third-order valence-electron chi connectivity index (χ3n) is 2.85. The zero-order chi connectivity index (χ0) is 12.6. The average Bonchev–Trinajstić information content (AvgIpc) is 2.27. The first-order valence-corrected chi connectivity index (χ1v) is 5.75. The number of nitrogens with zero attached hydrogens (tertiary/aromatic N) is 1. The first-order chi connectivity index (χ1) is 7.99. The maximum atomic E-state index is 11.7. The number of imide groups is 1. The lowest BCUT2D eigenvalue weighted by Gasteiger charge is -2.30. The molecular weight excluding hydrogens is 240 g/mol. The van der Waals surface area contributed by atoms with Gasteiger partial charge in [0, 0.05) is 17.3 Å². The van der Waals surface area contributed by atoms with Crippen LogP contribution in [0, 0.1) is 12.8 Å². The summed E-state index contributed by atoms with van der Waals surface area (Å²) in [6.45, 7) is 4.06. The number of aryl methyl sites for hydroxylation is 1. The lowest BCUT2D eigenvalue weighted by atomic mass is 10.1. The van der Waals surface area contributed by atoms with Gasteiger partial charge in [-0.05, 0) is 24.6 Å². The van der Waals surface area contributed by atoms with Gasteiger partial charge in [0.1, 0.15) is 0 Å². The summed E-state index contributed by atoms with van der Waals surface area (Å²) in [5, 5.41) is 2.93. The van der Waals surface area contributed by atoms with Crippen molar-refractivity contribution in [1.29, 1.82) is 0 Å². The van der Waals surface area contributed by atoms with Gasteiger partial charge in [-0.25, -0.2) is 4.79 Å². The van der Waals surface area contributed by atoms with Crippen molar-refractivity contribution in [3.05, 3.63) is 28.8 Å². The van der Waals surface area contributed by atoms with Crippen LogP contribution in [0.3, 0.4) is 0 Å². The van der Waals surface area contributed by atoms with Gasteiger partial charge in [0.2, 0.25) is 5.91 Å². The average molecular weight is 253 g/mol. The second-order valence-electron chi connectivity index (χ2n) is 4.24. The molecule has 1 N–H and O–H groups in total. The predicted molar refractivity (Wildman–Crippen MR) is 66.2 cm³/mol. The standard InChI is InChI=1S/C12H13ClN2O2/c1-7-3-4-9(5-10(7)13)15-6-8(2)11(16)14-12(15)17/h3-5,8H,6H2,1-2H3,(H,14,16,17). The molecule has 0 saturated carbocycles. The lowest BCUT2D eigenvalue weighted by molar-refractivity contribution is -0.123. The number of halogens is 1. The molecule has 3 amide bonds. The topological polar surface area (TPSA) is 49.4 Å². The van der Waals surface area contributed by atoms with Gasteiger partial charge >= 0.3 is 6.03 Å². The molecule has 0 aliphatic carbocycles. The molecule has 0 radical (unpaired) electrons. The van der Waals surface area contributed by atoms with Crippen LogP contribution in [-0.4, -0.2) is 18.5 Å².